The second-order valence-electron chi connectivity index (χ2n) is 5.21. The second-order valence-corrected chi connectivity index (χ2v) is 6.13. The molecule has 0 fully saturated rings. The highest BCUT2D eigenvalue weighted by Crippen LogP contribution is 2.33. The zero-order valence-electron chi connectivity index (χ0n) is 11.6. The van der Waals surface area contributed by atoms with E-state index in [0.29, 0.717) is 0 Å². The summed E-state index contributed by atoms with van der Waals surface area (Å²) in [5.74, 6) is 1.01. The third kappa shape index (κ3) is 2.40. The van der Waals surface area contributed by atoms with Crippen molar-refractivity contribution in [2.24, 2.45) is 0 Å². The Morgan fingerprint density at radius 2 is 1.90 bits per heavy atom. The highest BCUT2D eigenvalue weighted by Gasteiger charge is 2.18. The number of ether oxygens (including phenoxy) is 1. The monoisotopic (exact) mass is 333 g/mol. The molecule has 0 bridgehead atoms. The summed E-state index contributed by atoms with van der Waals surface area (Å²) in [4.78, 5) is 11.5. The molecule has 1 aromatic carbocycles. The lowest BCUT2D eigenvalue weighted by Crippen LogP contribution is -2.14. The number of aryl methyl sites for hydroxylation is 2. The summed E-state index contributed by atoms with van der Waals surface area (Å²) >= 11 is 3.56. The largest absolute Gasteiger partial charge is 0.493 e. The van der Waals surface area contributed by atoms with Crippen molar-refractivity contribution in [3.63, 3.8) is 0 Å². The number of hydrogen-bond acceptors (Lipinski definition) is 2. The van der Waals surface area contributed by atoms with Crippen molar-refractivity contribution in [1.29, 1.82) is 0 Å². The first-order chi connectivity index (χ1) is 9.54. The number of halogens is 1. The van der Waals surface area contributed by atoms with E-state index < -0.39 is 0 Å². The van der Waals surface area contributed by atoms with E-state index in [1.807, 2.05) is 13.8 Å². The van der Waals surface area contributed by atoms with Crippen LogP contribution in [-0.2, 0) is 13.0 Å². The van der Waals surface area contributed by atoms with Crippen LogP contribution in [0.25, 0.3) is 0 Å². The van der Waals surface area contributed by atoms with Gasteiger partial charge >= 0.3 is 0 Å². The molecule has 0 saturated heterocycles. The van der Waals surface area contributed by atoms with Gasteiger partial charge in [-0.3, -0.25) is 4.79 Å². The summed E-state index contributed by atoms with van der Waals surface area (Å²) in [6.07, 6.45) is 0.962. The minimum Gasteiger partial charge on any atom is -0.493 e. The normalized spacial score (nSPS) is 13.2. The van der Waals surface area contributed by atoms with Crippen molar-refractivity contribution < 1.29 is 4.74 Å². The summed E-state index contributed by atoms with van der Waals surface area (Å²) in [5, 5.41) is 0. The van der Waals surface area contributed by atoms with E-state index in [4.69, 9.17) is 4.74 Å². The lowest BCUT2D eigenvalue weighted by molar-refractivity contribution is 0.352. The van der Waals surface area contributed by atoms with Gasteiger partial charge < -0.3 is 9.30 Å². The molecule has 1 aliphatic heterocycles. The Hall–Kier alpha value is -1.55. The lowest BCUT2D eigenvalue weighted by Gasteiger charge is -2.16. The molecule has 4 heteroatoms. The summed E-state index contributed by atoms with van der Waals surface area (Å²) in [6, 6.07) is 7.57. The molecule has 0 saturated carbocycles. The van der Waals surface area contributed by atoms with Crippen LogP contribution >= 0.6 is 15.9 Å². The standard InChI is InChI=1S/C16H16BrNO2/c1-10-5-15(19)6-11(2)18(10)9-13-8-14(17)7-12-3-4-20-16(12)13/h5-8H,3-4,9H2,1-2H3. The Bertz CT molecular complexity index is 708. The number of rotatable bonds is 2. The molecule has 0 aliphatic carbocycles. The fourth-order valence-corrected chi connectivity index (χ4v) is 3.32. The molecule has 1 aliphatic rings. The van der Waals surface area contributed by atoms with Crippen LogP contribution in [0.15, 0.2) is 33.5 Å². The van der Waals surface area contributed by atoms with Crippen LogP contribution in [-0.4, -0.2) is 11.2 Å². The number of pyridine rings is 1. The van der Waals surface area contributed by atoms with Gasteiger partial charge in [0.05, 0.1) is 13.2 Å². The van der Waals surface area contributed by atoms with Crippen LogP contribution in [0.4, 0.5) is 0 Å². The van der Waals surface area contributed by atoms with Gasteiger partial charge in [0.2, 0.25) is 0 Å². The molecule has 3 nitrogen and oxygen atoms in total. The van der Waals surface area contributed by atoms with Crippen molar-refractivity contribution in [3.05, 3.63) is 61.5 Å². The average Bonchev–Trinajstić information content (AvgIpc) is 2.81. The maximum absolute atomic E-state index is 11.5. The molecule has 0 unspecified atom stereocenters. The Kier molecular flexibility index (Phi) is 3.42. The fraction of sp³-hybridized carbons (Fsp3) is 0.312. The van der Waals surface area contributed by atoms with Gasteiger partial charge in [-0.2, -0.15) is 0 Å². The van der Waals surface area contributed by atoms with E-state index in [1.54, 1.807) is 12.1 Å². The topological polar surface area (TPSA) is 31.2 Å². The van der Waals surface area contributed by atoms with Gasteiger partial charge in [0, 0.05) is 40.0 Å². The Morgan fingerprint density at radius 1 is 1.20 bits per heavy atom. The van der Waals surface area contributed by atoms with Crippen molar-refractivity contribution >= 4 is 15.9 Å². The number of nitrogens with zero attached hydrogens (tertiary/aromatic N) is 1. The average molecular weight is 334 g/mol. The molecule has 0 radical (unpaired) electrons. The van der Waals surface area contributed by atoms with E-state index in [-0.39, 0.29) is 5.43 Å². The summed E-state index contributed by atoms with van der Waals surface area (Å²) in [7, 11) is 0. The van der Waals surface area contributed by atoms with Crippen LogP contribution in [0.5, 0.6) is 5.75 Å². The first-order valence-electron chi connectivity index (χ1n) is 6.67. The van der Waals surface area contributed by atoms with Gasteiger partial charge in [-0.15, -0.1) is 0 Å². The zero-order valence-corrected chi connectivity index (χ0v) is 13.2. The first kappa shape index (κ1) is 13.4. The molecule has 20 heavy (non-hydrogen) atoms. The van der Waals surface area contributed by atoms with E-state index in [1.165, 1.54) is 5.56 Å². The van der Waals surface area contributed by atoms with Gasteiger partial charge in [0.15, 0.2) is 5.43 Å². The Balaban J connectivity index is 2.07. The van der Waals surface area contributed by atoms with Gasteiger partial charge in [-0.1, -0.05) is 15.9 Å². The van der Waals surface area contributed by atoms with Crippen LogP contribution < -0.4 is 10.2 Å². The molecule has 0 atom stereocenters. The molecule has 1 aromatic heterocycles. The van der Waals surface area contributed by atoms with Crippen molar-refractivity contribution in [1.82, 2.24) is 4.57 Å². The van der Waals surface area contributed by atoms with Crippen molar-refractivity contribution in [3.8, 4) is 5.75 Å². The third-order valence-corrected chi connectivity index (χ3v) is 4.17. The summed E-state index contributed by atoms with van der Waals surface area (Å²) in [5.41, 5.74) is 4.42. The van der Waals surface area contributed by atoms with Crippen LogP contribution in [0.2, 0.25) is 0 Å². The molecule has 2 aromatic rings. The smallest absolute Gasteiger partial charge is 0.182 e. The molecule has 3 rings (SSSR count). The summed E-state index contributed by atoms with van der Waals surface area (Å²) < 4.78 is 8.99. The van der Waals surface area contributed by atoms with E-state index >= 15 is 0 Å². The fourth-order valence-electron chi connectivity index (χ4n) is 2.77. The van der Waals surface area contributed by atoms with E-state index in [2.05, 4.69) is 32.6 Å². The Morgan fingerprint density at radius 3 is 2.60 bits per heavy atom. The van der Waals surface area contributed by atoms with Gasteiger partial charge in [-0.05, 0) is 31.5 Å². The SMILES string of the molecule is Cc1cc(=O)cc(C)n1Cc1cc(Br)cc2c1OCC2. The number of fused-ring (bicyclic) bond motifs is 1. The maximum atomic E-state index is 11.5. The Labute approximate surface area is 126 Å². The van der Waals surface area contributed by atoms with Crippen LogP contribution in [0.1, 0.15) is 22.5 Å². The van der Waals surface area contributed by atoms with Gasteiger partial charge in [-0.25, -0.2) is 0 Å². The number of benzene rings is 1. The molecule has 104 valence electrons. The predicted octanol–water partition coefficient (Wildman–Crippen LogP) is 3.21. The second kappa shape index (κ2) is 5.09. The molecule has 0 amide bonds. The minimum absolute atomic E-state index is 0.0620. The number of hydrogen-bond donors (Lipinski definition) is 0. The first-order valence-corrected chi connectivity index (χ1v) is 7.46. The summed E-state index contributed by atoms with van der Waals surface area (Å²) in [6.45, 7) is 5.40. The number of aromatic nitrogens is 1. The van der Waals surface area contributed by atoms with Crippen LogP contribution in [0.3, 0.4) is 0 Å². The predicted molar refractivity (Wildman–Crippen MR) is 82.6 cm³/mol. The minimum atomic E-state index is 0.0620. The molecular weight excluding hydrogens is 318 g/mol. The molecule has 0 N–H and O–H groups in total. The zero-order chi connectivity index (χ0) is 14.3. The highest BCUT2D eigenvalue weighted by molar-refractivity contribution is 9.10. The van der Waals surface area contributed by atoms with Gasteiger partial charge in [0.25, 0.3) is 0 Å². The van der Waals surface area contributed by atoms with E-state index in [9.17, 15) is 4.79 Å². The molecule has 2 heterocycles. The highest BCUT2D eigenvalue weighted by atomic mass is 79.9. The van der Waals surface area contributed by atoms with Crippen molar-refractivity contribution in [2.45, 2.75) is 26.8 Å². The quantitative estimate of drug-likeness (QED) is 0.844. The van der Waals surface area contributed by atoms with E-state index in [0.717, 1.165) is 46.7 Å². The molecular formula is C16H16BrNO2. The van der Waals surface area contributed by atoms with Crippen molar-refractivity contribution in [2.75, 3.05) is 6.61 Å². The third-order valence-electron chi connectivity index (χ3n) is 3.71. The van der Waals surface area contributed by atoms with Crippen LogP contribution in [0, 0.1) is 13.8 Å². The maximum Gasteiger partial charge on any atom is 0.182 e. The lowest BCUT2D eigenvalue weighted by atomic mass is 10.1. The van der Waals surface area contributed by atoms with Gasteiger partial charge in [0.1, 0.15) is 5.75 Å². The molecule has 0 spiro atoms.